The van der Waals surface area contributed by atoms with Crippen LogP contribution in [0.3, 0.4) is 0 Å². The van der Waals surface area contributed by atoms with E-state index < -0.39 is 0 Å². The number of hydrogen-bond donors (Lipinski definition) is 1. The van der Waals surface area contributed by atoms with Crippen LogP contribution in [0.5, 0.6) is 0 Å². The summed E-state index contributed by atoms with van der Waals surface area (Å²) in [5, 5.41) is 13.0. The SMILES string of the molecule is COCCc1nsc(Sc2nnc(C3CCCNC3)n2C)n1. The van der Waals surface area contributed by atoms with Gasteiger partial charge in [0.05, 0.1) is 6.61 Å². The Morgan fingerprint density at radius 2 is 2.36 bits per heavy atom. The summed E-state index contributed by atoms with van der Waals surface area (Å²) in [4.78, 5) is 4.50. The number of ether oxygens (including phenoxy) is 1. The molecule has 0 radical (unpaired) electrons. The lowest BCUT2D eigenvalue weighted by atomic mass is 9.99. The van der Waals surface area contributed by atoms with Gasteiger partial charge in [0.2, 0.25) is 0 Å². The summed E-state index contributed by atoms with van der Waals surface area (Å²) in [7, 11) is 3.71. The van der Waals surface area contributed by atoms with Crippen LogP contribution < -0.4 is 5.32 Å². The summed E-state index contributed by atoms with van der Waals surface area (Å²) in [5.74, 6) is 2.33. The Balaban J connectivity index is 1.67. The first kappa shape index (κ1) is 15.9. The first-order valence-corrected chi connectivity index (χ1v) is 8.96. The Labute approximate surface area is 138 Å². The van der Waals surface area contributed by atoms with E-state index in [1.807, 2.05) is 7.05 Å². The van der Waals surface area contributed by atoms with Crippen LogP contribution in [0, 0.1) is 0 Å². The summed E-state index contributed by atoms with van der Waals surface area (Å²) < 4.78 is 12.4. The van der Waals surface area contributed by atoms with Gasteiger partial charge >= 0.3 is 0 Å². The number of nitrogens with one attached hydrogen (secondary N) is 1. The van der Waals surface area contributed by atoms with Gasteiger partial charge in [-0.2, -0.15) is 4.37 Å². The molecule has 120 valence electrons. The molecule has 1 aliphatic heterocycles. The lowest BCUT2D eigenvalue weighted by molar-refractivity contribution is 0.200. The van der Waals surface area contributed by atoms with E-state index in [1.165, 1.54) is 36.1 Å². The van der Waals surface area contributed by atoms with E-state index in [-0.39, 0.29) is 0 Å². The molecule has 0 saturated carbocycles. The van der Waals surface area contributed by atoms with Crippen molar-refractivity contribution in [3.05, 3.63) is 11.6 Å². The molecule has 1 fully saturated rings. The molecule has 1 N–H and O–H groups in total. The lowest BCUT2D eigenvalue weighted by Crippen LogP contribution is -2.29. The molecule has 3 rings (SSSR count). The van der Waals surface area contributed by atoms with Gasteiger partial charge in [-0.05, 0) is 42.7 Å². The molecule has 7 nitrogen and oxygen atoms in total. The second-order valence-corrected chi connectivity index (χ2v) is 7.23. The van der Waals surface area contributed by atoms with E-state index in [9.17, 15) is 0 Å². The van der Waals surface area contributed by atoms with Gasteiger partial charge in [-0.15, -0.1) is 10.2 Å². The minimum absolute atomic E-state index is 0.451. The van der Waals surface area contributed by atoms with Crippen LogP contribution in [-0.4, -0.2) is 50.9 Å². The van der Waals surface area contributed by atoms with Gasteiger partial charge in [0, 0.05) is 33.0 Å². The van der Waals surface area contributed by atoms with Crippen molar-refractivity contribution in [1.29, 1.82) is 0 Å². The summed E-state index contributed by atoms with van der Waals surface area (Å²) in [6, 6.07) is 0. The average Bonchev–Trinajstić information content (AvgIpc) is 3.14. The third kappa shape index (κ3) is 3.65. The standard InChI is InChI=1S/C13H20N6OS2/c1-19-11(9-4-3-6-14-8-9)16-17-12(19)21-13-15-10(18-22-13)5-7-20-2/h9,14H,3-8H2,1-2H3. The largest absolute Gasteiger partial charge is 0.384 e. The van der Waals surface area contributed by atoms with E-state index in [4.69, 9.17) is 4.74 Å². The van der Waals surface area contributed by atoms with Gasteiger partial charge in [-0.3, -0.25) is 0 Å². The first-order valence-electron chi connectivity index (χ1n) is 7.37. The Kier molecular flexibility index (Phi) is 5.40. The Morgan fingerprint density at radius 3 is 3.14 bits per heavy atom. The molecular formula is C13H20N6OS2. The number of piperidine rings is 1. The zero-order chi connectivity index (χ0) is 15.4. The Morgan fingerprint density at radius 1 is 1.45 bits per heavy atom. The maximum absolute atomic E-state index is 5.05. The Bertz CT molecular complexity index is 607. The van der Waals surface area contributed by atoms with E-state index >= 15 is 0 Å². The van der Waals surface area contributed by atoms with Crippen molar-refractivity contribution in [1.82, 2.24) is 29.4 Å². The van der Waals surface area contributed by atoms with E-state index in [2.05, 4.69) is 29.4 Å². The highest BCUT2D eigenvalue weighted by Gasteiger charge is 2.22. The predicted octanol–water partition coefficient (Wildman–Crippen LogP) is 1.47. The molecule has 1 atom stereocenters. The number of nitrogens with zero attached hydrogens (tertiary/aromatic N) is 5. The molecule has 1 saturated heterocycles. The van der Waals surface area contributed by atoms with Crippen LogP contribution in [0.4, 0.5) is 0 Å². The number of aromatic nitrogens is 5. The van der Waals surface area contributed by atoms with Gasteiger partial charge in [-0.1, -0.05) is 0 Å². The summed E-state index contributed by atoms with van der Waals surface area (Å²) >= 11 is 2.93. The van der Waals surface area contributed by atoms with E-state index in [0.29, 0.717) is 12.5 Å². The monoisotopic (exact) mass is 340 g/mol. The molecule has 2 aromatic heterocycles. The fraction of sp³-hybridized carbons (Fsp3) is 0.692. The van der Waals surface area contributed by atoms with Crippen LogP contribution in [0.25, 0.3) is 0 Å². The van der Waals surface area contributed by atoms with Crippen molar-refractivity contribution in [2.45, 2.75) is 34.7 Å². The topological polar surface area (TPSA) is 77.8 Å². The molecular weight excluding hydrogens is 320 g/mol. The Hall–Kier alpha value is -1.03. The van der Waals surface area contributed by atoms with Gasteiger partial charge in [0.25, 0.3) is 0 Å². The van der Waals surface area contributed by atoms with Crippen molar-refractivity contribution in [3.63, 3.8) is 0 Å². The van der Waals surface area contributed by atoms with E-state index in [0.717, 1.165) is 40.7 Å². The number of rotatable bonds is 6. The van der Waals surface area contributed by atoms with Crippen LogP contribution in [0.15, 0.2) is 9.50 Å². The quantitative estimate of drug-likeness (QED) is 0.853. The summed E-state index contributed by atoms with van der Waals surface area (Å²) in [6.45, 7) is 2.73. The van der Waals surface area contributed by atoms with Gasteiger partial charge in [-0.25, -0.2) is 4.98 Å². The maximum Gasteiger partial charge on any atom is 0.198 e. The zero-order valence-electron chi connectivity index (χ0n) is 12.8. The van der Waals surface area contributed by atoms with Crippen LogP contribution in [0.1, 0.15) is 30.4 Å². The highest BCUT2D eigenvalue weighted by atomic mass is 32.2. The van der Waals surface area contributed by atoms with Crippen molar-refractivity contribution in [3.8, 4) is 0 Å². The van der Waals surface area contributed by atoms with Gasteiger partial charge in [0.15, 0.2) is 9.50 Å². The van der Waals surface area contributed by atoms with Crippen LogP contribution >= 0.6 is 23.3 Å². The fourth-order valence-corrected chi connectivity index (χ4v) is 4.06. The molecule has 2 aromatic rings. The molecule has 0 spiro atoms. The second kappa shape index (κ2) is 7.49. The maximum atomic E-state index is 5.05. The molecule has 0 amide bonds. The smallest absolute Gasteiger partial charge is 0.198 e. The normalized spacial score (nSPS) is 18.7. The van der Waals surface area contributed by atoms with Crippen molar-refractivity contribution in [2.75, 3.05) is 26.8 Å². The first-order chi connectivity index (χ1) is 10.8. The van der Waals surface area contributed by atoms with Crippen LogP contribution in [0.2, 0.25) is 0 Å². The second-order valence-electron chi connectivity index (χ2n) is 5.26. The number of methoxy groups -OCH3 is 1. The predicted molar refractivity (Wildman–Crippen MR) is 85.5 cm³/mol. The van der Waals surface area contributed by atoms with E-state index in [1.54, 1.807) is 7.11 Å². The molecule has 3 heterocycles. The number of hydrogen-bond acceptors (Lipinski definition) is 8. The lowest BCUT2D eigenvalue weighted by Gasteiger charge is -2.21. The molecule has 9 heteroatoms. The van der Waals surface area contributed by atoms with Crippen molar-refractivity contribution < 1.29 is 4.74 Å². The minimum Gasteiger partial charge on any atom is -0.384 e. The fourth-order valence-electron chi connectivity index (χ4n) is 2.50. The van der Waals surface area contributed by atoms with Gasteiger partial charge < -0.3 is 14.6 Å². The molecule has 0 aliphatic carbocycles. The van der Waals surface area contributed by atoms with Crippen LogP contribution in [-0.2, 0) is 18.2 Å². The molecule has 22 heavy (non-hydrogen) atoms. The van der Waals surface area contributed by atoms with Gasteiger partial charge in [0.1, 0.15) is 11.6 Å². The molecule has 0 aromatic carbocycles. The summed E-state index contributed by atoms with van der Waals surface area (Å²) in [6.07, 6.45) is 3.11. The highest BCUT2D eigenvalue weighted by Crippen LogP contribution is 2.30. The molecule has 0 bridgehead atoms. The summed E-state index contributed by atoms with van der Waals surface area (Å²) in [5.41, 5.74) is 0. The molecule has 1 aliphatic rings. The third-order valence-corrected chi connectivity index (χ3v) is 5.52. The third-order valence-electron chi connectivity index (χ3n) is 3.69. The minimum atomic E-state index is 0.451. The average molecular weight is 340 g/mol. The zero-order valence-corrected chi connectivity index (χ0v) is 14.4. The highest BCUT2D eigenvalue weighted by molar-refractivity contribution is 8.00. The molecule has 1 unspecified atom stereocenters. The van der Waals surface area contributed by atoms with Crippen molar-refractivity contribution >= 4 is 23.3 Å². The van der Waals surface area contributed by atoms with Crippen molar-refractivity contribution in [2.24, 2.45) is 7.05 Å².